The Morgan fingerprint density at radius 3 is 3.00 bits per heavy atom. The maximum absolute atomic E-state index is 11.6. The number of benzene rings is 1. The number of carbonyl (C=O) groups excluding carboxylic acids is 1. The van der Waals surface area contributed by atoms with Crippen molar-refractivity contribution in [2.75, 3.05) is 18.6 Å². The molecule has 5 heteroatoms. The number of anilines is 1. The lowest BCUT2D eigenvalue weighted by atomic mass is 10.1. The normalized spacial score (nSPS) is 14.3. The van der Waals surface area contributed by atoms with Crippen LogP contribution in [0.2, 0.25) is 0 Å². The molecule has 0 fully saturated rings. The number of rotatable bonds is 1. The van der Waals surface area contributed by atoms with Crippen LogP contribution >= 0.6 is 11.3 Å². The van der Waals surface area contributed by atoms with E-state index in [-0.39, 0.29) is 12.5 Å². The van der Waals surface area contributed by atoms with Crippen molar-refractivity contribution >= 4 is 22.9 Å². The monoisotopic (exact) mass is 260 g/mol. The van der Waals surface area contributed by atoms with E-state index in [9.17, 15) is 4.79 Å². The lowest BCUT2D eigenvalue weighted by molar-refractivity contribution is -0.120. The van der Waals surface area contributed by atoms with E-state index in [0.29, 0.717) is 0 Å². The number of aromatic nitrogens is 1. The Labute approximate surface area is 109 Å². The molecule has 0 spiro atoms. The SMILES string of the molecule is Cc1csc(-c2ccc3c(c2)N(C)C(=O)CO3)n1. The summed E-state index contributed by atoms with van der Waals surface area (Å²) in [5.41, 5.74) is 2.82. The quantitative estimate of drug-likeness (QED) is 0.791. The first-order chi connectivity index (χ1) is 8.65. The van der Waals surface area contributed by atoms with Crippen molar-refractivity contribution in [2.45, 2.75) is 6.92 Å². The molecule has 2 heterocycles. The highest BCUT2D eigenvalue weighted by Gasteiger charge is 2.22. The van der Waals surface area contributed by atoms with Crippen LogP contribution < -0.4 is 9.64 Å². The minimum atomic E-state index is -0.0324. The van der Waals surface area contributed by atoms with E-state index in [2.05, 4.69) is 4.98 Å². The summed E-state index contributed by atoms with van der Waals surface area (Å²) in [6.45, 7) is 2.08. The van der Waals surface area contributed by atoms with Gasteiger partial charge in [0.15, 0.2) is 6.61 Å². The first kappa shape index (κ1) is 11.2. The number of carbonyl (C=O) groups is 1. The molecule has 4 nitrogen and oxygen atoms in total. The number of thiazole rings is 1. The van der Waals surface area contributed by atoms with E-state index in [1.165, 1.54) is 0 Å². The van der Waals surface area contributed by atoms with Gasteiger partial charge >= 0.3 is 0 Å². The fourth-order valence-corrected chi connectivity index (χ4v) is 2.69. The number of amides is 1. The Bertz CT molecular complexity index is 621. The Balaban J connectivity index is 2.07. The van der Waals surface area contributed by atoms with E-state index in [1.807, 2.05) is 30.5 Å². The molecule has 0 unspecified atom stereocenters. The van der Waals surface area contributed by atoms with Crippen LogP contribution in [0.3, 0.4) is 0 Å². The van der Waals surface area contributed by atoms with Crippen LogP contribution in [0.5, 0.6) is 5.75 Å². The van der Waals surface area contributed by atoms with Gasteiger partial charge < -0.3 is 9.64 Å². The second kappa shape index (κ2) is 4.10. The molecule has 0 saturated heterocycles. The summed E-state index contributed by atoms with van der Waals surface area (Å²) in [6.07, 6.45) is 0. The Morgan fingerprint density at radius 1 is 1.44 bits per heavy atom. The third-order valence-corrected chi connectivity index (χ3v) is 3.92. The topological polar surface area (TPSA) is 42.4 Å². The number of ether oxygens (including phenoxy) is 1. The fraction of sp³-hybridized carbons (Fsp3) is 0.231. The minimum Gasteiger partial charge on any atom is -0.482 e. The zero-order chi connectivity index (χ0) is 12.7. The average molecular weight is 260 g/mol. The molecule has 0 N–H and O–H groups in total. The third kappa shape index (κ3) is 1.76. The molecule has 0 saturated carbocycles. The van der Waals surface area contributed by atoms with Crippen molar-refractivity contribution < 1.29 is 9.53 Å². The second-order valence-electron chi connectivity index (χ2n) is 4.22. The second-order valence-corrected chi connectivity index (χ2v) is 5.08. The molecule has 3 rings (SSSR count). The van der Waals surface area contributed by atoms with E-state index >= 15 is 0 Å². The Hall–Kier alpha value is -1.88. The number of hydrogen-bond donors (Lipinski definition) is 0. The van der Waals surface area contributed by atoms with Crippen LogP contribution in [0.4, 0.5) is 5.69 Å². The van der Waals surface area contributed by atoms with Crippen molar-refractivity contribution in [3.63, 3.8) is 0 Å². The molecule has 1 aromatic carbocycles. The average Bonchev–Trinajstić information content (AvgIpc) is 2.80. The largest absolute Gasteiger partial charge is 0.482 e. The lowest BCUT2D eigenvalue weighted by Crippen LogP contribution is -2.35. The highest BCUT2D eigenvalue weighted by atomic mass is 32.1. The van der Waals surface area contributed by atoms with Crippen LogP contribution in [0.25, 0.3) is 10.6 Å². The summed E-state index contributed by atoms with van der Waals surface area (Å²) in [4.78, 5) is 17.7. The third-order valence-electron chi connectivity index (χ3n) is 2.91. The van der Waals surface area contributed by atoms with Crippen LogP contribution in [-0.2, 0) is 4.79 Å². The molecule has 1 aliphatic rings. The van der Waals surface area contributed by atoms with Crippen LogP contribution in [0.15, 0.2) is 23.6 Å². The maximum Gasteiger partial charge on any atom is 0.264 e. The van der Waals surface area contributed by atoms with Crippen molar-refractivity contribution in [1.29, 1.82) is 0 Å². The fourth-order valence-electron chi connectivity index (χ4n) is 1.89. The van der Waals surface area contributed by atoms with Crippen LogP contribution in [0.1, 0.15) is 5.69 Å². The summed E-state index contributed by atoms with van der Waals surface area (Å²) in [5.74, 6) is 0.712. The first-order valence-corrected chi connectivity index (χ1v) is 6.49. The number of hydrogen-bond acceptors (Lipinski definition) is 4. The highest BCUT2D eigenvalue weighted by Crippen LogP contribution is 2.36. The summed E-state index contributed by atoms with van der Waals surface area (Å²) >= 11 is 1.60. The van der Waals surface area contributed by atoms with Crippen molar-refractivity contribution in [3.8, 4) is 16.3 Å². The van der Waals surface area contributed by atoms with Crippen molar-refractivity contribution in [1.82, 2.24) is 4.98 Å². The molecule has 0 bridgehead atoms. The predicted molar refractivity (Wildman–Crippen MR) is 71.2 cm³/mol. The molecule has 1 amide bonds. The smallest absolute Gasteiger partial charge is 0.264 e. The van der Waals surface area contributed by atoms with Gasteiger partial charge in [-0.05, 0) is 25.1 Å². The van der Waals surface area contributed by atoms with E-state index < -0.39 is 0 Å². The van der Waals surface area contributed by atoms with Gasteiger partial charge in [-0.25, -0.2) is 4.98 Å². The van der Waals surface area contributed by atoms with Gasteiger partial charge in [-0.3, -0.25) is 4.79 Å². The molecule has 0 aliphatic carbocycles. The zero-order valence-corrected chi connectivity index (χ0v) is 11.0. The van der Waals surface area contributed by atoms with E-state index in [4.69, 9.17) is 4.74 Å². The maximum atomic E-state index is 11.6. The highest BCUT2D eigenvalue weighted by molar-refractivity contribution is 7.13. The van der Waals surface area contributed by atoms with Crippen LogP contribution in [-0.4, -0.2) is 24.5 Å². The van der Waals surface area contributed by atoms with Gasteiger partial charge in [0.05, 0.1) is 5.69 Å². The van der Waals surface area contributed by atoms with Gasteiger partial charge in [-0.1, -0.05) is 0 Å². The molecular weight excluding hydrogens is 248 g/mol. The van der Waals surface area contributed by atoms with Crippen molar-refractivity contribution in [3.05, 3.63) is 29.3 Å². The van der Waals surface area contributed by atoms with E-state index in [0.717, 1.165) is 27.7 Å². The first-order valence-electron chi connectivity index (χ1n) is 5.61. The van der Waals surface area contributed by atoms with Gasteiger partial charge in [-0.15, -0.1) is 11.3 Å². The van der Waals surface area contributed by atoms with Gasteiger partial charge in [0.25, 0.3) is 5.91 Å². The van der Waals surface area contributed by atoms with Gasteiger partial charge in [-0.2, -0.15) is 0 Å². The van der Waals surface area contributed by atoms with Gasteiger partial charge in [0, 0.05) is 23.7 Å². The molecule has 2 aromatic rings. The molecule has 1 aromatic heterocycles. The zero-order valence-electron chi connectivity index (χ0n) is 10.1. The van der Waals surface area contributed by atoms with E-state index in [1.54, 1.807) is 23.3 Å². The molecule has 0 atom stereocenters. The summed E-state index contributed by atoms with van der Waals surface area (Å²) in [5, 5.41) is 2.97. The number of aryl methyl sites for hydroxylation is 1. The Kier molecular flexibility index (Phi) is 2.56. The predicted octanol–water partition coefficient (Wildman–Crippen LogP) is 2.47. The molecule has 18 heavy (non-hydrogen) atoms. The molecular formula is C13H12N2O2S. The number of nitrogens with zero attached hydrogens (tertiary/aromatic N) is 2. The lowest BCUT2D eigenvalue weighted by Gasteiger charge is -2.26. The molecule has 0 radical (unpaired) electrons. The number of fused-ring (bicyclic) bond motifs is 1. The summed E-state index contributed by atoms with van der Waals surface area (Å²) in [6, 6.07) is 5.82. The van der Waals surface area contributed by atoms with Crippen molar-refractivity contribution in [2.24, 2.45) is 0 Å². The number of likely N-dealkylation sites (N-methyl/N-ethyl adjacent to an activating group) is 1. The summed E-state index contributed by atoms with van der Waals surface area (Å²) < 4.78 is 5.39. The van der Waals surface area contributed by atoms with Gasteiger partial charge in [0.2, 0.25) is 0 Å². The molecule has 1 aliphatic heterocycles. The molecule has 92 valence electrons. The summed E-state index contributed by atoms with van der Waals surface area (Å²) in [7, 11) is 1.76. The standard InChI is InChI=1S/C13H12N2O2S/c1-8-7-18-13(14-8)9-3-4-11-10(5-9)15(2)12(16)6-17-11/h3-5,7H,6H2,1-2H3. The van der Waals surface area contributed by atoms with Gasteiger partial charge in [0.1, 0.15) is 10.8 Å². The Morgan fingerprint density at radius 2 is 2.28 bits per heavy atom. The minimum absolute atomic E-state index is 0.0324. The van der Waals surface area contributed by atoms with Crippen LogP contribution in [0, 0.1) is 6.92 Å².